The van der Waals surface area contributed by atoms with Gasteiger partial charge in [-0.15, -0.1) is 0 Å². The van der Waals surface area contributed by atoms with Crippen molar-refractivity contribution in [3.8, 4) is 0 Å². The van der Waals surface area contributed by atoms with E-state index in [9.17, 15) is 13.2 Å². The lowest BCUT2D eigenvalue weighted by molar-refractivity contribution is -0.138. The SMILES string of the molecule is O=C(C1CCS(=O)(=O)CC1)N1CCN(c2ccc3ccccc3c2)CC1c1ccccc1. The molecule has 32 heavy (non-hydrogen) atoms. The zero-order chi connectivity index (χ0) is 22.1. The molecule has 3 aromatic rings. The highest BCUT2D eigenvalue weighted by Crippen LogP contribution is 2.33. The second-order valence-corrected chi connectivity index (χ2v) is 11.2. The highest BCUT2D eigenvalue weighted by molar-refractivity contribution is 7.91. The van der Waals surface area contributed by atoms with Crippen LogP contribution in [0.1, 0.15) is 24.4 Å². The molecule has 1 unspecified atom stereocenters. The highest BCUT2D eigenvalue weighted by atomic mass is 32.2. The van der Waals surface area contributed by atoms with Crippen LogP contribution in [0.5, 0.6) is 0 Å². The Morgan fingerprint density at radius 3 is 2.25 bits per heavy atom. The molecule has 0 aromatic heterocycles. The number of anilines is 1. The highest BCUT2D eigenvalue weighted by Gasteiger charge is 2.37. The quantitative estimate of drug-likeness (QED) is 0.607. The van der Waals surface area contributed by atoms with E-state index >= 15 is 0 Å². The number of carbonyl (C=O) groups excluding carboxylic acids is 1. The van der Waals surface area contributed by atoms with Crippen LogP contribution in [0.2, 0.25) is 0 Å². The first-order valence-corrected chi connectivity index (χ1v) is 13.1. The predicted octanol–water partition coefficient (Wildman–Crippen LogP) is 4.05. The third-order valence-electron chi connectivity index (χ3n) is 6.85. The summed E-state index contributed by atoms with van der Waals surface area (Å²) in [6.45, 7) is 2.12. The van der Waals surface area contributed by atoms with Crippen LogP contribution in [0.3, 0.4) is 0 Å². The van der Waals surface area contributed by atoms with Gasteiger partial charge in [0.05, 0.1) is 17.5 Å². The second kappa shape index (κ2) is 8.58. The third kappa shape index (κ3) is 4.24. The van der Waals surface area contributed by atoms with E-state index in [1.165, 1.54) is 16.5 Å². The zero-order valence-electron chi connectivity index (χ0n) is 18.1. The van der Waals surface area contributed by atoms with Crippen LogP contribution in [0.25, 0.3) is 10.8 Å². The largest absolute Gasteiger partial charge is 0.367 e. The maximum Gasteiger partial charge on any atom is 0.226 e. The molecule has 0 bridgehead atoms. The Morgan fingerprint density at radius 1 is 0.812 bits per heavy atom. The third-order valence-corrected chi connectivity index (χ3v) is 8.57. The summed E-state index contributed by atoms with van der Waals surface area (Å²) in [5.41, 5.74) is 2.29. The Hall–Kier alpha value is -2.86. The Labute approximate surface area is 189 Å². The normalized spacial score (nSPS) is 21.6. The zero-order valence-corrected chi connectivity index (χ0v) is 18.9. The van der Waals surface area contributed by atoms with E-state index in [0.29, 0.717) is 19.4 Å². The first kappa shape index (κ1) is 21.0. The minimum atomic E-state index is -2.99. The number of nitrogens with zero attached hydrogens (tertiary/aromatic N) is 2. The lowest BCUT2D eigenvalue weighted by Gasteiger charge is -2.44. The van der Waals surface area contributed by atoms with Crippen molar-refractivity contribution in [1.82, 2.24) is 4.90 Å². The van der Waals surface area contributed by atoms with Gasteiger partial charge in [-0.05, 0) is 41.3 Å². The number of rotatable bonds is 3. The molecule has 2 saturated heterocycles. The molecule has 5 nitrogen and oxygen atoms in total. The fourth-order valence-electron chi connectivity index (χ4n) is 4.99. The monoisotopic (exact) mass is 448 g/mol. The molecule has 2 fully saturated rings. The van der Waals surface area contributed by atoms with Crippen LogP contribution in [-0.2, 0) is 14.6 Å². The van der Waals surface area contributed by atoms with E-state index < -0.39 is 9.84 Å². The number of amides is 1. The molecule has 2 heterocycles. The number of fused-ring (bicyclic) bond motifs is 1. The van der Waals surface area contributed by atoms with Gasteiger partial charge in [0, 0.05) is 31.2 Å². The number of carbonyl (C=O) groups is 1. The summed E-state index contributed by atoms with van der Waals surface area (Å²) in [6, 6.07) is 25.0. The molecule has 3 aromatic carbocycles. The molecule has 0 radical (unpaired) electrons. The van der Waals surface area contributed by atoms with Gasteiger partial charge < -0.3 is 9.80 Å². The maximum atomic E-state index is 13.5. The van der Waals surface area contributed by atoms with Crippen molar-refractivity contribution in [1.29, 1.82) is 0 Å². The first-order valence-electron chi connectivity index (χ1n) is 11.3. The molecule has 6 heteroatoms. The van der Waals surface area contributed by atoms with Crippen molar-refractivity contribution in [2.45, 2.75) is 18.9 Å². The molecule has 0 saturated carbocycles. The Balaban J connectivity index is 1.41. The molecule has 5 rings (SSSR count). The molecule has 0 aliphatic carbocycles. The van der Waals surface area contributed by atoms with Crippen molar-refractivity contribution < 1.29 is 13.2 Å². The number of hydrogen-bond acceptors (Lipinski definition) is 4. The summed E-state index contributed by atoms with van der Waals surface area (Å²) in [5, 5.41) is 2.43. The first-order chi connectivity index (χ1) is 15.5. The minimum absolute atomic E-state index is 0.0533. The Kier molecular flexibility index (Phi) is 5.64. The summed E-state index contributed by atoms with van der Waals surface area (Å²) in [7, 11) is -2.99. The maximum absolute atomic E-state index is 13.5. The second-order valence-electron chi connectivity index (χ2n) is 8.86. The molecule has 1 atom stereocenters. The Bertz CT molecular complexity index is 1210. The number of sulfone groups is 1. The topological polar surface area (TPSA) is 57.7 Å². The molecule has 166 valence electrons. The van der Waals surface area contributed by atoms with Crippen molar-refractivity contribution in [2.24, 2.45) is 5.92 Å². The summed E-state index contributed by atoms with van der Waals surface area (Å²) in [4.78, 5) is 17.8. The average molecular weight is 449 g/mol. The fourth-order valence-corrected chi connectivity index (χ4v) is 6.48. The molecule has 1 amide bonds. The van der Waals surface area contributed by atoms with Crippen LogP contribution >= 0.6 is 0 Å². The molecular formula is C26H28N2O3S. The lowest BCUT2D eigenvalue weighted by Crippen LogP contribution is -2.53. The van der Waals surface area contributed by atoms with E-state index in [1.54, 1.807) is 0 Å². The van der Waals surface area contributed by atoms with Crippen molar-refractivity contribution >= 4 is 32.2 Å². The van der Waals surface area contributed by atoms with Gasteiger partial charge in [0.2, 0.25) is 5.91 Å². The van der Waals surface area contributed by atoms with Crippen LogP contribution < -0.4 is 4.90 Å². The van der Waals surface area contributed by atoms with Crippen molar-refractivity contribution in [2.75, 3.05) is 36.0 Å². The van der Waals surface area contributed by atoms with Crippen LogP contribution in [-0.4, -0.2) is 50.4 Å². The summed E-state index contributed by atoms with van der Waals surface area (Å²) in [6.07, 6.45) is 0.876. The molecule has 0 N–H and O–H groups in total. The van der Waals surface area contributed by atoms with E-state index in [0.717, 1.165) is 18.7 Å². The van der Waals surface area contributed by atoms with E-state index in [1.807, 2.05) is 29.2 Å². The van der Waals surface area contributed by atoms with Gasteiger partial charge in [0.1, 0.15) is 9.84 Å². The molecular weight excluding hydrogens is 420 g/mol. The van der Waals surface area contributed by atoms with Gasteiger partial charge in [-0.2, -0.15) is 0 Å². The van der Waals surface area contributed by atoms with Gasteiger partial charge in [-0.1, -0.05) is 60.7 Å². The van der Waals surface area contributed by atoms with Crippen molar-refractivity contribution in [3.05, 3.63) is 78.4 Å². The van der Waals surface area contributed by atoms with Crippen LogP contribution in [0.4, 0.5) is 5.69 Å². The average Bonchev–Trinajstić information content (AvgIpc) is 2.83. The minimum Gasteiger partial charge on any atom is -0.367 e. The molecule has 2 aliphatic rings. The van der Waals surface area contributed by atoms with Gasteiger partial charge in [0.15, 0.2) is 0 Å². The van der Waals surface area contributed by atoms with Gasteiger partial charge in [-0.25, -0.2) is 8.42 Å². The van der Waals surface area contributed by atoms with Gasteiger partial charge in [-0.3, -0.25) is 4.79 Å². The Morgan fingerprint density at radius 2 is 1.50 bits per heavy atom. The molecule has 2 aliphatic heterocycles. The van der Waals surface area contributed by atoms with Crippen LogP contribution in [0, 0.1) is 5.92 Å². The van der Waals surface area contributed by atoms with Gasteiger partial charge in [0.25, 0.3) is 0 Å². The van der Waals surface area contributed by atoms with Gasteiger partial charge >= 0.3 is 0 Å². The standard InChI is InChI=1S/C26H28N2O3S/c29-26(22-12-16-32(30,31)17-13-22)28-15-14-27(19-25(28)21-7-2-1-3-8-21)24-11-10-20-6-4-5-9-23(20)18-24/h1-11,18,22,25H,12-17,19H2. The lowest BCUT2D eigenvalue weighted by atomic mass is 9.96. The van der Waals surface area contributed by atoms with E-state index in [2.05, 4.69) is 53.4 Å². The number of hydrogen-bond donors (Lipinski definition) is 0. The van der Waals surface area contributed by atoms with Crippen LogP contribution in [0.15, 0.2) is 72.8 Å². The van der Waals surface area contributed by atoms with E-state index in [4.69, 9.17) is 0 Å². The fraction of sp³-hybridized carbons (Fsp3) is 0.346. The van der Waals surface area contributed by atoms with Crippen molar-refractivity contribution in [3.63, 3.8) is 0 Å². The molecule has 0 spiro atoms. The predicted molar refractivity (Wildman–Crippen MR) is 128 cm³/mol. The smallest absolute Gasteiger partial charge is 0.226 e. The summed E-state index contributed by atoms with van der Waals surface area (Å²) in [5.74, 6) is 0.149. The number of benzene rings is 3. The summed E-state index contributed by atoms with van der Waals surface area (Å²) >= 11 is 0. The van der Waals surface area contributed by atoms with E-state index in [-0.39, 0.29) is 29.4 Å². The number of piperazine rings is 1. The summed E-state index contributed by atoms with van der Waals surface area (Å²) < 4.78 is 23.7.